The number of nitro groups is 1. The van der Waals surface area contributed by atoms with Gasteiger partial charge < -0.3 is 5.32 Å². The molecule has 0 aromatic heterocycles. The zero-order valence-electron chi connectivity index (χ0n) is 9.67. The molecule has 0 atom stereocenters. The van der Waals surface area contributed by atoms with Crippen LogP contribution in [0.4, 0.5) is 11.4 Å². The van der Waals surface area contributed by atoms with Crippen LogP contribution in [0.2, 0.25) is 5.02 Å². The van der Waals surface area contributed by atoms with E-state index in [2.05, 4.69) is 5.32 Å². The summed E-state index contributed by atoms with van der Waals surface area (Å²) in [6.45, 7) is 0. The van der Waals surface area contributed by atoms with Crippen molar-refractivity contribution >= 4 is 28.9 Å². The molecule has 0 radical (unpaired) electrons. The van der Waals surface area contributed by atoms with Crippen molar-refractivity contribution in [3.8, 4) is 0 Å². The number of halogens is 1. The maximum Gasteiger partial charge on any atom is 0.269 e. The predicted molar refractivity (Wildman–Crippen MR) is 72.5 cm³/mol. The molecule has 1 amide bonds. The number of nitrogens with zero attached hydrogens (tertiary/aromatic N) is 1. The van der Waals surface area contributed by atoms with Crippen molar-refractivity contribution in [1.82, 2.24) is 0 Å². The van der Waals surface area contributed by atoms with Crippen LogP contribution in [-0.2, 0) is 0 Å². The Hall–Kier alpha value is -2.40. The first-order valence-electron chi connectivity index (χ1n) is 5.37. The summed E-state index contributed by atoms with van der Waals surface area (Å²) in [4.78, 5) is 21.9. The minimum atomic E-state index is -0.513. The minimum absolute atomic E-state index is 0.0527. The van der Waals surface area contributed by atoms with Gasteiger partial charge in [-0.2, -0.15) is 0 Å². The summed E-state index contributed by atoms with van der Waals surface area (Å²) in [5.74, 6) is -0.336. The van der Waals surface area contributed by atoms with Crippen LogP contribution in [0, 0.1) is 10.1 Å². The van der Waals surface area contributed by atoms with Crippen molar-refractivity contribution in [2.24, 2.45) is 0 Å². The molecule has 0 aliphatic rings. The third-order valence-corrected chi connectivity index (χ3v) is 2.69. The molecular weight excluding hydrogens is 268 g/mol. The first-order chi connectivity index (χ1) is 9.06. The Morgan fingerprint density at radius 1 is 1.05 bits per heavy atom. The molecular formula is C13H9ClN2O3. The van der Waals surface area contributed by atoms with E-state index in [1.165, 1.54) is 24.3 Å². The summed E-state index contributed by atoms with van der Waals surface area (Å²) in [5, 5.41) is 13.7. The molecule has 2 rings (SSSR count). The number of carbonyl (C=O) groups is 1. The van der Waals surface area contributed by atoms with Crippen LogP contribution in [0.25, 0.3) is 0 Å². The number of benzene rings is 2. The molecule has 0 spiro atoms. The van der Waals surface area contributed by atoms with Gasteiger partial charge in [-0.3, -0.25) is 14.9 Å². The Kier molecular flexibility index (Phi) is 3.77. The largest absolute Gasteiger partial charge is 0.322 e. The van der Waals surface area contributed by atoms with Crippen LogP contribution in [0.3, 0.4) is 0 Å². The first-order valence-corrected chi connectivity index (χ1v) is 5.75. The quantitative estimate of drug-likeness (QED) is 0.689. The molecule has 19 heavy (non-hydrogen) atoms. The van der Waals surface area contributed by atoms with Gasteiger partial charge in [0.05, 0.1) is 4.92 Å². The van der Waals surface area contributed by atoms with E-state index in [4.69, 9.17) is 11.6 Å². The van der Waals surface area contributed by atoms with E-state index in [-0.39, 0.29) is 11.6 Å². The lowest BCUT2D eigenvalue weighted by Gasteiger charge is -2.05. The maximum absolute atomic E-state index is 11.9. The van der Waals surface area contributed by atoms with Crippen molar-refractivity contribution in [2.45, 2.75) is 0 Å². The fraction of sp³-hybridized carbons (Fsp3) is 0. The van der Waals surface area contributed by atoms with E-state index in [0.717, 1.165) is 0 Å². The predicted octanol–water partition coefficient (Wildman–Crippen LogP) is 3.50. The van der Waals surface area contributed by atoms with Gasteiger partial charge in [0, 0.05) is 28.4 Å². The molecule has 0 heterocycles. The number of amides is 1. The van der Waals surface area contributed by atoms with Gasteiger partial charge in [0.15, 0.2) is 0 Å². The van der Waals surface area contributed by atoms with Crippen LogP contribution in [-0.4, -0.2) is 10.8 Å². The lowest BCUT2D eigenvalue weighted by molar-refractivity contribution is -0.384. The number of carbonyl (C=O) groups excluding carboxylic acids is 1. The molecule has 0 saturated heterocycles. The fourth-order valence-corrected chi connectivity index (χ4v) is 1.60. The highest BCUT2D eigenvalue weighted by Crippen LogP contribution is 2.16. The van der Waals surface area contributed by atoms with E-state index in [9.17, 15) is 14.9 Å². The summed E-state index contributed by atoms with van der Waals surface area (Å²) >= 11 is 5.74. The summed E-state index contributed by atoms with van der Waals surface area (Å²) in [7, 11) is 0. The number of hydrogen-bond donors (Lipinski definition) is 1. The molecule has 6 heteroatoms. The Balaban J connectivity index is 2.11. The lowest BCUT2D eigenvalue weighted by atomic mass is 10.2. The topological polar surface area (TPSA) is 72.2 Å². The molecule has 0 fully saturated rings. The average Bonchev–Trinajstić information content (AvgIpc) is 2.41. The lowest BCUT2D eigenvalue weighted by Crippen LogP contribution is -2.11. The Morgan fingerprint density at radius 3 is 2.16 bits per heavy atom. The monoisotopic (exact) mass is 276 g/mol. The molecule has 1 N–H and O–H groups in total. The summed E-state index contributed by atoms with van der Waals surface area (Å²) < 4.78 is 0. The van der Waals surface area contributed by atoms with Crippen LogP contribution in [0.1, 0.15) is 10.4 Å². The van der Waals surface area contributed by atoms with E-state index >= 15 is 0 Å². The summed E-state index contributed by atoms with van der Waals surface area (Å²) in [6, 6.07) is 12.1. The molecule has 96 valence electrons. The Labute approximate surface area is 114 Å². The fourth-order valence-electron chi connectivity index (χ4n) is 1.47. The van der Waals surface area contributed by atoms with Crippen molar-refractivity contribution in [1.29, 1.82) is 0 Å². The second-order valence-corrected chi connectivity index (χ2v) is 4.20. The molecule has 2 aromatic rings. The first kappa shape index (κ1) is 13.0. The number of rotatable bonds is 3. The molecule has 2 aromatic carbocycles. The van der Waals surface area contributed by atoms with Gasteiger partial charge in [-0.1, -0.05) is 11.6 Å². The van der Waals surface area contributed by atoms with E-state index in [1.54, 1.807) is 24.3 Å². The molecule has 0 unspecified atom stereocenters. The standard InChI is InChI=1S/C13H9ClN2O3/c14-10-3-5-11(6-4-10)15-13(17)9-1-7-12(8-2-9)16(18)19/h1-8H,(H,15,17). The summed E-state index contributed by atoms with van der Waals surface area (Å²) in [6.07, 6.45) is 0. The second-order valence-electron chi connectivity index (χ2n) is 3.77. The van der Waals surface area contributed by atoms with Crippen molar-refractivity contribution in [3.05, 3.63) is 69.2 Å². The molecule has 0 bridgehead atoms. The van der Waals surface area contributed by atoms with Gasteiger partial charge in [-0.25, -0.2) is 0 Å². The van der Waals surface area contributed by atoms with E-state index < -0.39 is 4.92 Å². The molecule has 5 nitrogen and oxygen atoms in total. The van der Waals surface area contributed by atoms with Crippen LogP contribution >= 0.6 is 11.6 Å². The zero-order valence-corrected chi connectivity index (χ0v) is 10.4. The minimum Gasteiger partial charge on any atom is -0.322 e. The number of nitro benzene ring substituents is 1. The van der Waals surface area contributed by atoms with Crippen molar-refractivity contribution < 1.29 is 9.72 Å². The van der Waals surface area contributed by atoms with E-state index in [1.807, 2.05) is 0 Å². The third kappa shape index (κ3) is 3.29. The van der Waals surface area contributed by atoms with E-state index in [0.29, 0.717) is 16.3 Å². The molecule has 0 aliphatic heterocycles. The summed E-state index contributed by atoms with van der Waals surface area (Å²) in [5.41, 5.74) is 0.899. The number of anilines is 1. The van der Waals surface area contributed by atoms with Gasteiger partial charge in [-0.15, -0.1) is 0 Å². The zero-order chi connectivity index (χ0) is 13.8. The highest BCUT2D eigenvalue weighted by Gasteiger charge is 2.09. The van der Waals surface area contributed by atoms with Crippen LogP contribution in [0.15, 0.2) is 48.5 Å². The SMILES string of the molecule is O=C(Nc1ccc(Cl)cc1)c1ccc([N+](=O)[O-])cc1. The normalized spacial score (nSPS) is 9.95. The van der Waals surface area contributed by atoms with Gasteiger partial charge in [0.2, 0.25) is 0 Å². The van der Waals surface area contributed by atoms with Gasteiger partial charge in [0.25, 0.3) is 11.6 Å². The highest BCUT2D eigenvalue weighted by molar-refractivity contribution is 6.30. The van der Waals surface area contributed by atoms with Crippen LogP contribution in [0.5, 0.6) is 0 Å². The van der Waals surface area contributed by atoms with Crippen molar-refractivity contribution in [2.75, 3.05) is 5.32 Å². The smallest absolute Gasteiger partial charge is 0.269 e. The van der Waals surface area contributed by atoms with Gasteiger partial charge in [0.1, 0.15) is 0 Å². The number of hydrogen-bond acceptors (Lipinski definition) is 3. The number of non-ortho nitro benzene ring substituents is 1. The average molecular weight is 277 g/mol. The second kappa shape index (κ2) is 5.49. The Morgan fingerprint density at radius 2 is 1.63 bits per heavy atom. The van der Waals surface area contributed by atoms with Crippen LogP contribution < -0.4 is 5.32 Å². The number of nitrogens with one attached hydrogen (secondary N) is 1. The molecule has 0 aliphatic carbocycles. The van der Waals surface area contributed by atoms with Gasteiger partial charge >= 0.3 is 0 Å². The Bertz CT molecular complexity index is 609. The maximum atomic E-state index is 11.9. The highest BCUT2D eigenvalue weighted by atomic mass is 35.5. The molecule has 0 saturated carbocycles. The van der Waals surface area contributed by atoms with Crippen molar-refractivity contribution in [3.63, 3.8) is 0 Å². The third-order valence-electron chi connectivity index (χ3n) is 2.44. The van der Waals surface area contributed by atoms with Gasteiger partial charge in [-0.05, 0) is 36.4 Å².